The van der Waals surface area contributed by atoms with Gasteiger partial charge in [0.1, 0.15) is 10.8 Å². The van der Waals surface area contributed by atoms with Crippen molar-refractivity contribution in [2.75, 3.05) is 18.0 Å². The van der Waals surface area contributed by atoms with E-state index >= 15 is 0 Å². The number of nitrogens with zero attached hydrogens (tertiary/aromatic N) is 2. The van der Waals surface area contributed by atoms with Crippen LogP contribution in [0.2, 0.25) is 0 Å². The number of aryl methyl sites for hydroxylation is 1. The van der Waals surface area contributed by atoms with E-state index < -0.39 is 0 Å². The van der Waals surface area contributed by atoms with Gasteiger partial charge in [0.2, 0.25) is 0 Å². The Labute approximate surface area is 108 Å². The highest BCUT2D eigenvalue weighted by Gasteiger charge is 2.21. The van der Waals surface area contributed by atoms with E-state index in [0.29, 0.717) is 10.9 Å². The van der Waals surface area contributed by atoms with Crippen LogP contribution in [-0.2, 0) is 0 Å². The van der Waals surface area contributed by atoms with Crippen LogP contribution < -0.4 is 10.6 Å². The lowest BCUT2D eigenvalue weighted by molar-refractivity contribution is 0.444. The Morgan fingerprint density at radius 3 is 3.00 bits per heavy atom. The minimum Gasteiger partial charge on any atom is -0.389 e. The molecular formula is C13H19N3S. The molecule has 0 spiro atoms. The first-order valence-corrected chi connectivity index (χ1v) is 6.50. The van der Waals surface area contributed by atoms with Crippen molar-refractivity contribution in [3.05, 3.63) is 23.4 Å². The molecule has 0 amide bonds. The zero-order valence-corrected chi connectivity index (χ0v) is 11.3. The van der Waals surface area contributed by atoms with Crippen molar-refractivity contribution in [1.82, 2.24) is 4.98 Å². The molecular weight excluding hydrogens is 230 g/mol. The standard InChI is InChI=1S/C13H19N3S/c1-9-4-3-7-16(8-9)13-11(12(14)17)10(2)5-6-15-13/h5-6,9H,3-4,7-8H2,1-2H3,(H2,14,17). The van der Waals surface area contributed by atoms with E-state index in [4.69, 9.17) is 18.0 Å². The molecule has 4 heteroatoms. The largest absolute Gasteiger partial charge is 0.389 e. The van der Waals surface area contributed by atoms with Crippen LogP contribution in [0.1, 0.15) is 30.9 Å². The van der Waals surface area contributed by atoms with Gasteiger partial charge in [-0.05, 0) is 37.3 Å². The predicted octanol–water partition coefficient (Wildman–Crippen LogP) is 2.26. The second kappa shape index (κ2) is 5.00. The fraction of sp³-hybridized carbons (Fsp3) is 0.538. The van der Waals surface area contributed by atoms with Crippen molar-refractivity contribution in [3.8, 4) is 0 Å². The first-order chi connectivity index (χ1) is 8.09. The Kier molecular flexibility index (Phi) is 3.62. The SMILES string of the molecule is Cc1ccnc(N2CCCC(C)C2)c1C(N)=S. The van der Waals surface area contributed by atoms with E-state index in [2.05, 4.69) is 16.8 Å². The molecule has 2 heterocycles. The molecule has 1 atom stereocenters. The highest BCUT2D eigenvalue weighted by Crippen LogP contribution is 2.26. The average molecular weight is 249 g/mol. The topological polar surface area (TPSA) is 42.2 Å². The lowest BCUT2D eigenvalue weighted by Gasteiger charge is -2.33. The van der Waals surface area contributed by atoms with Crippen molar-refractivity contribution in [2.45, 2.75) is 26.7 Å². The van der Waals surface area contributed by atoms with Gasteiger partial charge in [-0.25, -0.2) is 4.98 Å². The van der Waals surface area contributed by atoms with Crippen LogP contribution in [-0.4, -0.2) is 23.1 Å². The molecule has 1 unspecified atom stereocenters. The van der Waals surface area contributed by atoms with Crippen LogP contribution in [0, 0.1) is 12.8 Å². The number of piperidine rings is 1. The number of hydrogen-bond acceptors (Lipinski definition) is 3. The highest BCUT2D eigenvalue weighted by molar-refractivity contribution is 7.80. The minimum atomic E-state index is 0.448. The zero-order valence-electron chi connectivity index (χ0n) is 10.4. The maximum Gasteiger partial charge on any atom is 0.139 e. The Balaban J connectivity index is 2.37. The van der Waals surface area contributed by atoms with Crippen LogP contribution in [0.5, 0.6) is 0 Å². The maximum atomic E-state index is 5.82. The molecule has 0 bridgehead atoms. The second-order valence-corrected chi connectivity index (χ2v) is 5.32. The molecule has 3 nitrogen and oxygen atoms in total. The molecule has 2 N–H and O–H groups in total. The predicted molar refractivity (Wildman–Crippen MR) is 75.5 cm³/mol. The van der Waals surface area contributed by atoms with Crippen LogP contribution in [0.3, 0.4) is 0 Å². The molecule has 1 aliphatic heterocycles. The van der Waals surface area contributed by atoms with E-state index in [1.807, 2.05) is 19.2 Å². The molecule has 0 aromatic carbocycles. The van der Waals surface area contributed by atoms with E-state index in [1.54, 1.807) is 0 Å². The Morgan fingerprint density at radius 2 is 2.35 bits per heavy atom. The van der Waals surface area contributed by atoms with E-state index in [0.717, 1.165) is 30.0 Å². The Bertz CT molecular complexity index is 431. The van der Waals surface area contributed by atoms with Crippen LogP contribution in [0.4, 0.5) is 5.82 Å². The van der Waals surface area contributed by atoms with Gasteiger partial charge in [-0.1, -0.05) is 19.1 Å². The van der Waals surface area contributed by atoms with Crippen molar-refractivity contribution in [1.29, 1.82) is 0 Å². The monoisotopic (exact) mass is 249 g/mol. The van der Waals surface area contributed by atoms with Crippen molar-refractivity contribution in [2.24, 2.45) is 11.7 Å². The molecule has 1 saturated heterocycles. The summed E-state index contributed by atoms with van der Waals surface area (Å²) in [5, 5.41) is 0. The Hall–Kier alpha value is -1.16. The number of anilines is 1. The number of thiocarbonyl (C=S) groups is 1. The lowest BCUT2D eigenvalue weighted by Crippen LogP contribution is -2.36. The molecule has 1 aliphatic rings. The van der Waals surface area contributed by atoms with Gasteiger partial charge in [-0.15, -0.1) is 0 Å². The van der Waals surface area contributed by atoms with Gasteiger partial charge in [0.15, 0.2) is 0 Å². The van der Waals surface area contributed by atoms with Crippen molar-refractivity contribution in [3.63, 3.8) is 0 Å². The molecule has 17 heavy (non-hydrogen) atoms. The third-order valence-corrected chi connectivity index (χ3v) is 3.55. The zero-order chi connectivity index (χ0) is 12.4. The summed E-state index contributed by atoms with van der Waals surface area (Å²) in [5.74, 6) is 1.68. The summed E-state index contributed by atoms with van der Waals surface area (Å²) in [4.78, 5) is 7.24. The van der Waals surface area contributed by atoms with Crippen molar-refractivity contribution >= 4 is 23.0 Å². The number of aromatic nitrogens is 1. The number of pyridine rings is 1. The smallest absolute Gasteiger partial charge is 0.139 e. The summed E-state index contributed by atoms with van der Waals surface area (Å²) in [6.45, 7) is 6.41. The first kappa shape index (κ1) is 12.3. The highest BCUT2D eigenvalue weighted by atomic mass is 32.1. The number of rotatable bonds is 2. The fourth-order valence-corrected chi connectivity index (χ4v) is 2.72. The van der Waals surface area contributed by atoms with Gasteiger partial charge < -0.3 is 10.6 Å². The summed E-state index contributed by atoms with van der Waals surface area (Å²) >= 11 is 5.15. The molecule has 1 aromatic rings. The van der Waals surface area contributed by atoms with Gasteiger partial charge in [-0.2, -0.15) is 0 Å². The average Bonchev–Trinajstić information content (AvgIpc) is 2.28. The second-order valence-electron chi connectivity index (χ2n) is 4.88. The van der Waals surface area contributed by atoms with Gasteiger partial charge in [0.05, 0.1) is 5.56 Å². The van der Waals surface area contributed by atoms with Crippen LogP contribution in [0.15, 0.2) is 12.3 Å². The molecule has 0 aliphatic carbocycles. The number of hydrogen-bond donors (Lipinski definition) is 1. The summed E-state index contributed by atoms with van der Waals surface area (Å²) in [6.07, 6.45) is 4.35. The molecule has 0 saturated carbocycles. The molecule has 2 rings (SSSR count). The quantitative estimate of drug-likeness (QED) is 0.816. The molecule has 1 aromatic heterocycles. The minimum absolute atomic E-state index is 0.448. The van der Waals surface area contributed by atoms with Crippen LogP contribution >= 0.6 is 12.2 Å². The van der Waals surface area contributed by atoms with Gasteiger partial charge >= 0.3 is 0 Å². The van der Waals surface area contributed by atoms with E-state index in [9.17, 15) is 0 Å². The van der Waals surface area contributed by atoms with Gasteiger partial charge in [-0.3, -0.25) is 0 Å². The molecule has 0 radical (unpaired) electrons. The van der Waals surface area contributed by atoms with E-state index in [-0.39, 0.29) is 0 Å². The third-order valence-electron chi connectivity index (χ3n) is 3.34. The summed E-state index contributed by atoms with van der Waals surface area (Å²) in [6, 6.07) is 1.96. The van der Waals surface area contributed by atoms with Gasteiger partial charge in [0.25, 0.3) is 0 Å². The number of nitrogens with two attached hydrogens (primary N) is 1. The summed E-state index contributed by atoms with van der Waals surface area (Å²) < 4.78 is 0. The van der Waals surface area contributed by atoms with Gasteiger partial charge in [0, 0.05) is 19.3 Å². The molecule has 1 fully saturated rings. The van der Waals surface area contributed by atoms with Crippen LogP contribution in [0.25, 0.3) is 0 Å². The normalized spacial score (nSPS) is 20.4. The summed E-state index contributed by atoms with van der Waals surface area (Å²) in [7, 11) is 0. The Morgan fingerprint density at radius 1 is 1.59 bits per heavy atom. The third kappa shape index (κ3) is 2.57. The lowest BCUT2D eigenvalue weighted by atomic mass is 9.99. The van der Waals surface area contributed by atoms with E-state index in [1.165, 1.54) is 12.8 Å². The maximum absolute atomic E-state index is 5.82. The molecule has 92 valence electrons. The summed E-state index contributed by atoms with van der Waals surface area (Å²) in [5.41, 5.74) is 7.87. The first-order valence-electron chi connectivity index (χ1n) is 6.10. The fourth-order valence-electron chi connectivity index (χ4n) is 2.47. The van der Waals surface area contributed by atoms with Crippen molar-refractivity contribution < 1.29 is 0 Å².